The average molecular weight is 337 g/mol. The molecule has 114 valence electrons. The molecule has 8 heteroatoms. The van der Waals surface area contributed by atoms with Gasteiger partial charge in [-0.15, -0.1) is 0 Å². The predicted molar refractivity (Wildman–Crippen MR) is 86.2 cm³/mol. The highest BCUT2D eigenvalue weighted by Crippen LogP contribution is 2.26. The van der Waals surface area contributed by atoms with Gasteiger partial charge in [0.05, 0.1) is 30.1 Å². The highest BCUT2D eigenvalue weighted by molar-refractivity contribution is 7.03. The van der Waals surface area contributed by atoms with E-state index in [2.05, 4.69) is 14.3 Å². The topological polar surface area (TPSA) is 80.9 Å². The lowest BCUT2D eigenvalue weighted by Crippen LogP contribution is -2.32. The number of halogens is 1. The molecule has 0 aromatic carbocycles. The second-order valence-corrected chi connectivity index (χ2v) is 6.64. The maximum Gasteiger partial charge on any atom is 0.261 e. The molecule has 1 N–H and O–H groups in total. The number of nitrogens with zero attached hydrogens (tertiary/aromatic N) is 4. The van der Waals surface area contributed by atoms with Gasteiger partial charge in [0.1, 0.15) is 16.4 Å². The van der Waals surface area contributed by atoms with Crippen molar-refractivity contribution in [2.45, 2.75) is 26.0 Å². The van der Waals surface area contributed by atoms with Crippen LogP contribution < -0.4 is 5.56 Å². The third kappa shape index (κ3) is 2.87. The van der Waals surface area contributed by atoms with Crippen molar-refractivity contribution in [3.8, 4) is 11.3 Å². The van der Waals surface area contributed by atoms with E-state index in [1.54, 1.807) is 20.0 Å². The summed E-state index contributed by atoms with van der Waals surface area (Å²) in [5.41, 5.74) is 0.492. The monoisotopic (exact) mass is 336 g/mol. The summed E-state index contributed by atoms with van der Waals surface area (Å²) in [7, 11) is 0. The Bertz CT molecular complexity index is 884. The number of aliphatic hydroxyl groups is 1. The first kappa shape index (κ1) is 15.1. The van der Waals surface area contributed by atoms with Gasteiger partial charge in [-0.1, -0.05) is 11.6 Å². The quantitative estimate of drug-likeness (QED) is 0.742. The van der Waals surface area contributed by atoms with Gasteiger partial charge in [-0.2, -0.15) is 0 Å². The van der Waals surface area contributed by atoms with Gasteiger partial charge in [0.25, 0.3) is 5.56 Å². The summed E-state index contributed by atoms with van der Waals surface area (Å²) in [5.74, 6) is 0. The van der Waals surface area contributed by atoms with Crippen molar-refractivity contribution in [3.05, 3.63) is 39.5 Å². The smallest absolute Gasteiger partial charge is 0.261 e. The highest BCUT2D eigenvalue weighted by Gasteiger charge is 2.18. The Morgan fingerprint density at radius 1 is 1.45 bits per heavy atom. The zero-order valence-corrected chi connectivity index (χ0v) is 13.5. The average Bonchev–Trinajstić information content (AvgIpc) is 2.94. The molecule has 22 heavy (non-hydrogen) atoms. The Balaban J connectivity index is 2.26. The highest BCUT2D eigenvalue weighted by atomic mass is 35.5. The van der Waals surface area contributed by atoms with Gasteiger partial charge in [0.15, 0.2) is 0 Å². The van der Waals surface area contributed by atoms with Gasteiger partial charge in [0.2, 0.25) is 0 Å². The van der Waals surface area contributed by atoms with Crippen LogP contribution in [0.15, 0.2) is 28.8 Å². The molecule has 0 unspecified atom stereocenters. The molecule has 0 spiro atoms. The minimum absolute atomic E-state index is 0.143. The fourth-order valence-corrected chi connectivity index (χ4v) is 2.90. The van der Waals surface area contributed by atoms with E-state index >= 15 is 0 Å². The Labute approximate surface area is 135 Å². The lowest BCUT2D eigenvalue weighted by atomic mass is 10.1. The molecular weight excluding hydrogens is 324 g/mol. The zero-order valence-electron chi connectivity index (χ0n) is 11.9. The zero-order chi connectivity index (χ0) is 15.9. The van der Waals surface area contributed by atoms with Crippen LogP contribution in [0.25, 0.3) is 22.2 Å². The van der Waals surface area contributed by atoms with Crippen LogP contribution in [0.3, 0.4) is 0 Å². The standard InChI is InChI=1S/C14H13ClN4O2S/c1-14(2,21)6-19-7-16-12-9(13(19)20)3-10(15)18-11(12)8-4-17-22-5-8/h3-5,7,21H,6H2,1-2H3. The van der Waals surface area contributed by atoms with E-state index in [0.29, 0.717) is 16.6 Å². The summed E-state index contributed by atoms with van der Waals surface area (Å²) in [6.45, 7) is 3.40. The van der Waals surface area contributed by atoms with Gasteiger partial charge in [-0.25, -0.2) is 14.3 Å². The Hall–Kier alpha value is -1.83. The van der Waals surface area contributed by atoms with Crippen LogP contribution in [0, 0.1) is 0 Å². The molecule has 0 radical (unpaired) electrons. The maximum atomic E-state index is 12.6. The number of pyridine rings is 1. The lowest BCUT2D eigenvalue weighted by Gasteiger charge is -2.18. The van der Waals surface area contributed by atoms with Gasteiger partial charge < -0.3 is 5.11 Å². The molecule has 3 heterocycles. The Morgan fingerprint density at radius 2 is 2.23 bits per heavy atom. The van der Waals surface area contributed by atoms with Crippen LogP contribution in [-0.4, -0.2) is 29.6 Å². The van der Waals surface area contributed by atoms with Crippen LogP contribution in [0.1, 0.15) is 13.8 Å². The van der Waals surface area contributed by atoms with Crippen molar-refractivity contribution >= 4 is 34.0 Å². The number of rotatable bonds is 3. The van der Waals surface area contributed by atoms with Gasteiger partial charge in [0, 0.05) is 10.9 Å². The van der Waals surface area contributed by atoms with Crippen molar-refractivity contribution in [2.75, 3.05) is 0 Å². The summed E-state index contributed by atoms with van der Waals surface area (Å²) in [5, 5.41) is 12.3. The minimum atomic E-state index is -1.02. The molecule has 0 aliphatic carbocycles. The van der Waals surface area contributed by atoms with Crippen LogP contribution in [0.2, 0.25) is 5.15 Å². The van der Waals surface area contributed by atoms with Gasteiger partial charge in [-0.3, -0.25) is 9.36 Å². The number of fused-ring (bicyclic) bond motifs is 1. The molecule has 0 atom stereocenters. The molecule has 3 aromatic heterocycles. The van der Waals surface area contributed by atoms with E-state index in [9.17, 15) is 9.90 Å². The third-order valence-corrected chi connectivity index (χ3v) is 3.82. The van der Waals surface area contributed by atoms with Crippen LogP contribution in [0.4, 0.5) is 0 Å². The van der Waals surface area contributed by atoms with Crippen molar-refractivity contribution in [2.24, 2.45) is 0 Å². The van der Waals surface area contributed by atoms with Crippen molar-refractivity contribution < 1.29 is 5.11 Å². The van der Waals surface area contributed by atoms with Crippen molar-refractivity contribution in [1.29, 1.82) is 0 Å². The molecule has 0 aliphatic heterocycles. The summed E-state index contributed by atoms with van der Waals surface area (Å²) in [6, 6.07) is 1.50. The first-order valence-electron chi connectivity index (χ1n) is 6.53. The summed E-state index contributed by atoms with van der Waals surface area (Å²) in [6.07, 6.45) is 3.08. The van der Waals surface area contributed by atoms with E-state index in [1.165, 1.54) is 28.5 Å². The molecular formula is C14H13ClN4O2S. The fraction of sp³-hybridized carbons (Fsp3) is 0.286. The van der Waals surface area contributed by atoms with Crippen LogP contribution in [-0.2, 0) is 6.54 Å². The summed E-state index contributed by atoms with van der Waals surface area (Å²) < 4.78 is 5.41. The van der Waals surface area contributed by atoms with E-state index in [4.69, 9.17) is 11.6 Å². The van der Waals surface area contributed by atoms with Gasteiger partial charge in [-0.05, 0) is 31.4 Å². The lowest BCUT2D eigenvalue weighted by molar-refractivity contribution is 0.0603. The molecule has 0 fully saturated rings. The third-order valence-electron chi connectivity index (χ3n) is 3.04. The first-order valence-corrected chi connectivity index (χ1v) is 7.74. The van der Waals surface area contributed by atoms with Gasteiger partial charge >= 0.3 is 0 Å². The Kier molecular flexibility index (Phi) is 3.72. The van der Waals surface area contributed by atoms with Crippen molar-refractivity contribution in [1.82, 2.24) is 18.9 Å². The SMILES string of the molecule is CC(C)(O)Cn1cnc2c(-c3cnsc3)nc(Cl)cc2c1=O. The summed E-state index contributed by atoms with van der Waals surface area (Å²) in [4.78, 5) is 21.2. The van der Waals surface area contributed by atoms with E-state index < -0.39 is 5.60 Å². The van der Waals surface area contributed by atoms with Crippen LogP contribution in [0.5, 0.6) is 0 Å². The van der Waals surface area contributed by atoms with Crippen molar-refractivity contribution in [3.63, 3.8) is 0 Å². The molecule has 0 amide bonds. The Morgan fingerprint density at radius 3 is 2.86 bits per heavy atom. The molecule has 0 bridgehead atoms. The largest absolute Gasteiger partial charge is 0.389 e. The minimum Gasteiger partial charge on any atom is -0.389 e. The van der Waals surface area contributed by atoms with Crippen LogP contribution >= 0.6 is 23.1 Å². The number of hydrogen-bond acceptors (Lipinski definition) is 6. The second-order valence-electron chi connectivity index (χ2n) is 5.59. The number of aromatic nitrogens is 4. The first-order chi connectivity index (χ1) is 10.3. The van der Waals surface area contributed by atoms with E-state index in [1.807, 2.05) is 5.38 Å². The molecule has 6 nitrogen and oxygen atoms in total. The molecule has 0 aliphatic rings. The summed E-state index contributed by atoms with van der Waals surface area (Å²) >= 11 is 7.33. The predicted octanol–water partition coefficient (Wildman–Crippen LogP) is 2.34. The maximum absolute atomic E-state index is 12.6. The fourth-order valence-electron chi connectivity index (χ4n) is 2.19. The molecule has 0 saturated heterocycles. The molecule has 0 saturated carbocycles. The van der Waals surface area contributed by atoms with E-state index in [-0.39, 0.29) is 17.3 Å². The number of hydrogen-bond donors (Lipinski definition) is 1. The normalized spacial score (nSPS) is 12.0. The second kappa shape index (κ2) is 5.42. The van der Waals surface area contributed by atoms with E-state index in [0.717, 1.165) is 5.56 Å². The molecule has 3 rings (SSSR count). The molecule has 3 aromatic rings.